The number of nitrogens with one attached hydrogen (secondary N) is 1. The van der Waals surface area contributed by atoms with E-state index in [2.05, 4.69) is 5.32 Å². The number of hydrogen-bond acceptors (Lipinski definition) is 4. The number of nitrogens with zero attached hydrogens (tertiary/aromatic N) is 2. The molecule has 5 rings (SSSR count). The summed E-state index contributed by atoms with van der Waals surface area (Å²) in [4.78, 5) is 29.3. The minimum atomic E-state index is -0.440. The lowest BCUT2D eigenvalue weighted by atomic mass is 9.94. The van der Waals surface area contributed by atoms with Gasteiger partial charge in [-0.3, -0.25) is 4.79 Å². The minimum Gasteiger partial charge on any atom is -0.454 e. The maximum Gasteiger partial charge on any atom is 0.317 e. The maximum absolute atomic E-state index is 13.7. The van der Waals surface area contributed by atoms with E-state index >= 15 is 0 Å². The summed E-state index contributed by atoms with van der Waals surface area (Å²) in [5.41, 5.74) is 1.62. The van der Waals surface area contributed by atoms with Crippen molar-refractivity contribution in [3.05, 3.63) is 59.7 Å². The van der Waals surface area contributed by atoms with Crippen LogP contribution in [0.3, 0.4) is 0 Å². The van der Waals surface area contributed by atoms with Crippen molar-refractivity contribution < 1.29 is 19.1 Å². The van der Waals surface area contributed by atoms with E-state index in [9.17, 15) is 9.59 Å². The summed E-state index contributed by atoms with van der Waals surface area (Å²) in [6.45, 7) is 3.04. The second-order valence-corrected chi connectivity index (χ2v) is 8.08. The smallest absolute Gasteiger partial charge is 0.317 e. The summed E-state index contributed by atoms with van der Waals surface area (Å²) in [7, 11) is 0. The highest BCUT2D eigenvalue weighted by Crippen LogP contribution is 2.49. The van der Waals surface area contributed by atoms with Crippen LogP contribution in [0.25, 0.3) is 0 Å². The van der Waals surface area contributed by atoms with Crippen molar-refractivity contribution in [3.63, 3.8) is 0 Å². The van der Waals surface area contributed by atoms with Crippen LogP contribution in [0.2, 0.25) is 0 Å². The molecule has 1 aliphatic carbocycles. The third kappa shape index (κ3) is 3.44. The van der Waals surface area contributed by atoms with Gasteiger partial charge in [0.25, 0.3) is 0 Å². The third-order valence-corrected chi connectivity index (χ3v) is 6.17. The Morgan fingerprint density at radius 2 is 1.90 bits per heavy atom. The summed E-state index contributed by atoms with van der Waals surface area (Å²) in [6.07, 6.45) is 1.72. The molecule has 1 saturated carbocycles. The van der Waals surface area contributed by atoms with Gasteiger partial charge in [-0.15, -0.1) is 0 Å². The summed E-state index contributed by atoms with van der Waals surface area (Å²) < 4.78 is 10.9. The van der Waals surface area contributed by atoms with Gasteiger partial charge in [-0.1, -0.05) is 36.4 Å². The first-order chi connectivity index (χ1) is 14.7. The van der Waals surface area contributed by atoms with E-state index in [1.807, 2.05) is 53.4 Å². The van der Waals surface area contributed by atoms with Crippen molar-refractivity contribution in [1.82, 2.24) is 15.1 Å². The number of fused-ring (bicyclic) bond motifs is 1. The monoisotopic (exact) mass is 407 g/mol. The molecule has 3 aliphatic rings. The van der Waals surface area contributed by atoms with Crippen LogP contribution in [0, 0.1) is 0 Å². The van der Waals surface area contributed by atoms with Gasteiger partial charge in [-0.05, 0) is 36.1 Å². The number of amides is 3. The largest absolute Gasteiger partial charge is 0.454 e. The lowest BCUT2D eigenvalue weighted by Gasteiger charge is -2.29. The van der Waals surface area contributed by atoms with E-state index in [-0.39, 0.29) is 18.7 Å². The van der Waals surface area contributed by atoms with Crippen LogP contribution in [0.15, 0.2) is 48.5 Å². The molecule has 2 aromatic rings. The fraction of sp³-hybridized carbons (Fsp3) is 0.391. The van der Waals surface area contributed by atoms with Crippen molar-refractivity contribution in [2.45, 2.75) is 24.8 Å². The average Bonchev–Trinajstić information content (AvgIpc) is 3.28. The first kappa shape index (κ1) is 18.8. The third-order valence-electron chi connectivity index (χ3n) is 6.17. The van der Waals surface area contributed by atoms with E-state index in [1.165, 1.54) is 0 Å². The molecule has 30 heavy (non-hydrogen) atoms. The molecule has 156 valence electrons. The van der Waals surface area contributed by atoms with Gasteiger partial charge in [0, 0.05) is 32.7 Å². The molecule has 0 spiro atoms. The molecule has 0 radical (unpaired) electrons. The molecule has 2 fully saturated rings. The van der Waals surface area contributed by atoms with Gasteiger partial charge < -0.3 is 24.6 Å². The molecular weight excluding hydrogens is 382 g/mol. The van der Waals surface area contributed by atoms with Crippen molar-refractivity contribution >= 4 is 11.9 Å². The first-order valence-corrected chi connectivity index (χ1v) is 10.4. The molecule has 1 saturated heterocycles. The highest BCUT2D eigenvalue weighted by Gasteiger charge is 2.52. The molecular formula is C23H25N3O4. The van der Waals surface area contributed by atoms with Crippen LogP contribution < -0.4 is 14.8 Å². The van der Waals surface area contributed by atoms with E-state index in [0.29, 0.717) is 38.5 Å². The number of benzene rings is 2. The zero-order valence-corrected chi connectivity index (χ0v) is 16.8. The number of ether oxygens (including phenoxy) is 2. The minimum absolute atomic E-state index is 0.0605. The highest BCUT2D eigenvalue weighted by molar-refractivity contribution is 5.91. The average molecular weight is 407 g/mol. The molecule has 3 amide bonds. The van der Waals surface area contributed by atoms with Gasteiger partial charge >= 0.3 is 6.03 Å². The Balaban J connectivity index is 1.38. The summed E-state index contributed by atoms with van der Waals surface area (Å²) >= 11 is 0. The van der Waals surface area contributed by atoms with Gasteiger partial charge in [-0.25, -0.2) is 4.79 Å². The molecule has 2 aliphatic heterocycles. The van der Waals surface area contributed by atoms with Crippen LogP contribution >= 0.6 is 0 Å². The molecule has 7 heteroatoms. The second kappa shape index (κ2) is 7.55. The first-order valence-electron chi connectivity index (χ1n) is 10.4. The van der Waals surface area contributed by atoms with Crippen molar-refractivity contribution in [1.29, 1.82) is 0 Å². The zero-order valence-electron chi connectivity index (χ0n) is 16.8. The highest BCUT2D eigenvalue weighted by atomic mass is 16.7. The number of hydrogen-bond donors (Lipinski definition) is 1. The molecule has 7 nitrogen and oxygen atoms in total. The number of urea groups is 1. The molecule has 2 aromatic carbocycles. The maximum atomic E-state index is 13.7. The van der Waals surface area contributed by atoms with E-state index in [0.717, 1.165) is 29.7 Å². The second-order valence-electron chi connectivity index (χ2n) is 8.08. The Labute approximate surface area is 175 Å². The van der Waals surface area contributed by atoms with Crippen molar-refractivity contribution in [3.8, 4) is 11.5 Å². The quantitative estimate of drug-likeness (QED) is 0.766. The zero-order chi connectivity index (χ0) is 20.6. The van der Waals surface area contributed by atoms with Crippen LogP contribution in [0.4, 0.5) is 4.79 Å². The Morgan fingerprint density at radius 3 is 2.63 bits per heavy atom. The molecule has 1 N–H and O–H groups in total. The van der Waals surface area contributed by atoms with Crippen molar-refractivity contribution in [2.24, 2.45) is 0 Å². The van der Waals surface area contributed by atoms with Gasteiger partial charge in [0.1, 0.15) is 0 Å². The van der Waals surface area contributed by atoms with Crippen LogP contribution in [-0.4, -0.2) is 54.7 Å². The fourth-order valence-corrected chi connectivity index (χ4v) is 4.29. The number of carbonyl (C=O) groups excluding carboxylic acids is 2. The van der Waals surface area contributed by atoms with E-state index in [4.69, 9.17) is 9.47 Å². The summed E-state index contributed by atoms with van der Waals surface area (Å²) in [5.74, 6) is 1.57. The molecule has 0 aromatic heterocycles. The van der Waals surface area contributed by atoms with E-state index < -0.39 is 5.41 Å². The Bertz CT molecular complexity index is 958. The lowest BCUT2D eigenvalue weighted by Crippen LogP contribution is -2.43. The van der Waals surface area contributed by atoms with Crippen LogP contribution in [0.5, 0.6) is 11.5 Å². The standard InChI is InChI=1S/C23H25N3O4/c27-21(23(8-9-23)18-4-2-1-3-5-18)26(13-12-25-11-10-24-22(25)28)15-17-6-7-19-20(14-17)30-16-29-19/h1-7,14H,8-13,15-16H2,(H,24,28). The topological polar surface area (TPSA) is 71.1 Å². The Morgan fingerprint density at radius 1 is 1.10 bits per heavy atom. The van der Waals surface area contributed by atoms with Crippen LogP contribution in [-0.2, 0) is 16.8 Å². The predicted octanol–water partition coefficient (Wildman–Crippen LogP) is 2.50. The molecule has 0 bridgehead atoms. The summed E-state index contributed by atoms with van der Waals surface area (Å²) in [5, 5.41) is 2.82. The molecule has 0 atom stereocenters. The molecule has 0 unspecified atom stereocenters. The SMILES string of the molecule is O=C1NCCN1CCN(Cc1ccc2c(c1)OCO2)C(=O)C1(c2ccccc2)CC1. The van der Waals surface area contributed by atoms with Gasteiger partial charge in [-0.2, -0.15) is 0 Å². The predicted molar refractivity (Wildman–Crippen MR) is 110 cm³/mol. The number of carbonyl (C=O) groups is 2. The number of rotatable bonds is 7. The van der Waals surface area contributed by atoms with Gasteiger partial charge in [0.2, 0.25) is 12.7 Å². The summed E-state index contributed by atoms with van der Waals surface area (Å²) in [6, 6.07) is 15.8. The van der Waals surface area contributed by atoms with Crippen molar-refractivity contribution in [2.75, 3.05) is 33.0 Å². The Kier molecular flexibility index (Phi) is 4.73. The Hall–Kier alpha value is -3.22. The van der Waals surface area contributed by atoms with Crippen LogP contribution in [0.1, 0.15) is 24.0 Å². The van der Waals surface area contributed by atoms with Gasteiger partial charge in [0.15, 0.2) is 11.5 Å². The molecule has 2 heterocycles. The normalized spacial score (nSPS) is 18.3. The van der Waals surface area contributed by atoms with Gasteiger partial charge in [0.05, 0.1) is 5.41 Å². The van der Waals surface area contributed by atoms with E-state index in [1.54, 1.807) is 4.90 Å². The fourth-order valence-electron chi connectivity index (χ4n) is 4.29. The lowest BCUT2D eigenvalue weighted by molar-refractivity contribution is -0.134.